The van der Waals surface area contributed by atoms with Crippen LogP contribution in [0.25, 0.3) is 0 Å². The highest BCUT2D eigenvalue weighted by Crippen LogP contribution is 2.06. The third-order valence-electron chi connectivity index (χ3n) is 2.72. The number of carbonyl (C=O) groups excluding carboxylic acids is 2. The average molecular weight is 297 g/mol. The number of ether oxygens (including phenoxy) is 1. The number of H-pyrrole nitrogens is 1. The van der Waals surface area contributed by atoms with Crippen molar-refractivity contribution in [1.29, 1.82) is 0 Å². The molecule has 1 heterocycles. The quantitative estimate of drug-likeness (QED) is 0.671. The molecule has 8 heteroatoms. The van der Waals surface area contributed by atoms with Gasteiger partial charge in [0.05, 0.1) is 7.11 Å². The van der Waals surface area contributed by atoms with Crippen LogP contribution in [-0.4, -0.2) is 34.8 Å². The smallest absolute Gasteiger partial charge is 0.328 e. The van der Waals surface area contributed by atoms with Gasteiger partial charge in [-0.15, -0.1) is 0 Å². The molecule has 0 radical (unpaired) electrons. The van der Waals surface area contributed by atoms with E-state index >= 15 is 0 Å². The Labute approximate surface area is 121 Å². The zero-order valence-electron chi connectivity index (χ0n) is 12.2. The topological polar surface area (TPSA) is 110 Å². The van der Waals surface area contributed by atoms with Gasteiger partial charge in [-0.25, -0.2) is 9.48 Å². The largest absolute Gasteiger partial charge is 0.467 e. The van der Waals surface area contributed by atoms with Crippen LogP contribution in [0.2, 0.25) is 0 Å². The molecular weight excluding hydrogens is 278 g/mol. The monoisotopic (exact) mass is 297 g/mol. The van der Waals surface area contributed by atoms with E-state index in [1.54, 1.807) is 0 Å². The number of amides is 1. The summed E-state index contributed by atoms with van der Waals surface area (Å²) in [6, 6.07) is 1.36. The van der Waals surface area contributed by atoms with Crippen LogP contribution in [0.3, 0.4) is 0 Å². The van der Waals surface area contributed by atoms with Gasteiger partial charge in [0.15, 0.2) is 0 Å². The molecule has 1 unspecified atom stereocenters. The van der Waals surface area contributed by atoms with Gasteiger partial charge in [-0.2, -0.15) is 0 Å². The zero-order chi connectivity index (χ0) is 16.0. The highest BCUT2D eigenvalue weighted by Gasteiger charge is 2.22. The summed E-state index contributed by atoms with van der Waals surface area (Å²) in [5, 5.41) is 4.73. The third kappa shape index (κ3) is 5.25. The number of hydrogen-bond acceptors (Lipinski definition) is 5. The summed E-state index contributed by atoms with van der Waals surface area (Å²) >= 11 is 0. The zero-order valence-corrected chi connectivity index (χ0v) is 12.2. The predicted molar refractivity (Wildman–Crippen MR) is 74.7 cm³/mol. The summed E-state index contributed by atoms with van der Waals surface area (Å²) in [5.74, 6) is -0.936. The molecule has 0 aliphatic rings. The number of aromatic amines is 1. The molecule has 1 atom stereocenters. The molecular formula is C13H19N3O5. The van der Waals surface area contributed by atoms with Crippen LogP contribution in [0.15, 0.2) is 21.7 Å². The van der Waals surface area contributed by atoms with Gasteiger partial charge in [-0.05, 0) is 12.3 Å². The number of aromatic nitrogens is 2. The maximum absolute atomic E-state index is 11.9. The summed E-state index contributed by atoms with van der Waals surface area (Å²) in [5.41, 5.74) is -1.00. The van der Waals surface area contributed by atoms with Gasteiger partial charge in [0.2, 0.25) is 5.91 Å². The van der Waals surface area contributed by atoms with E-state index in [0.29, 0.717) is 6.42 Å². The fraction of sp³-hybridized carbons (Fsp3) is 0.538. The Hall–Kier alpha value is -2.38. The lowest BCUT2D eigenvalue weighted by Gasteiger charge is -2.18. The minimum Gasteiger partial charge on any atom is -0.467 e. The summed E-state index contributed by atoms with van der Waals surface area (Å²) in [6.45, 7) is 3.43. The standard InChI is InChI=1S/C13H19N3O5/c1-8(2)6-9(13(20)21-3)14-11(18)7-16-12(19)5-4-10(17)15-16/h4-5,8-9H,6-7H2,1-3H3,(H,14,18)(H,15,17). The highest BCUT2D eigenvalue weighted by molar-refractivity contribution is 5.84. The van der Waals surface area contributed by atoms with E-state index in [9.17, 15) is 19.2 Å². The van der Waals surface area contributed by atoms with E-state index in [4.69, 9.17) is 0 Å². The Bertz CT molecular complexity index is 617. The number of esters is 1. The Kier molecular flexibility index (Phi) is 5.89. The summed E-state index contributed by atoms with van der Waals surface area (Å²) in [7, 11) is 1.24. The van der Waals surface area contributed by atoms with Crippen molar-refractivity contribution in [1.82, 2.24) is 15.1 Å². The van der Waals surface area contributed by atoms with Gasteiger partial charge in [0.25, 0.3) is 11.1 Å². The molecule has 1 rings (SSSR count). The number of nitrogens with zero attached hydrogens (tertiary/aromatic N) is 1. The second-order valence-electron chi connectivity index (χ2n) is 5.01. The predicted octanol–water partition coefficient (Wildman–Crippen LogP) is -0.759. The van der Waals surface area contributed by atoms with Crippen LogP contribution in [0.1, 0.15) is 20.3 Å². The molecule has 2 N–H and O–H groups in total. The van der Waals surface area contributed by atoms with Crippen molar-refractivity contribution in [2.75, 3.05) is 7.11 Å². The molecule has 0 aromatic carbocycles. The van der Waals surface area contributed by atoms with E-state index < -0.39 is 29.0 Å². The summed E-state index contributed by atoms with van der Waals surface area (Å²) < 4.78 is 5.50. The minimum atomic E-state index is -0.784. The van der Waals surface area contributed by atoms with Crippen LogP contribution in [0, 0.1) is 5.92 Å². The van der Waals surface area contributed by atoms with Gasteiger partial charge >= 0.3 is 5.97 Å². The molecule has 0 fully saturated rings. The van der Waals surface area contributed by atoms with Crippen LogP contribution >= 0.6 is 0 Å². The fourth-order valence-corrected chi connectivity index (χ4v) is 1.79. The second kappa shape index (κ2) is 7.41. The first-order chi connectivity index (χ1) is 9.83. The molecule has 1 amide bonds. The number of hydrogen-bond donors (Lipinski definition) is 2. The highest BCUT2D eigenvalue weighted by atomic mass is 16.5. The normalized spacial score (nSPS) is 12.0. The molecule has 0 bridgehead atoms. The maximum atomic E-state index is 11.9. The molecule has 0 aliphatic heterocycles. The summed E-state index contributed by atoms with van der Waals surface area (Å²) in [4.78, 5) is 46.1. The van der Waals surface area contributed by atoms with E-state index in [0.717, 1.165) is 16.8 Å². The maximum Gasteiger partial charge on any atom is 0.328 e. The SMILES string of the molecule is COC(=O)C(CC(C)C)NC(=O)Cn1[nH]c(=O)ccc1=O. The number of nitrogens with one attached hydrogen (secondary N) is 2. The molecule has 1 aromatic heterocycles. The second-order valence-corrected chi connectivity index (χ2v) is 5.01. The summed E-state index contributed by atoms with van der Waals surface area (Å²) in [6.07, 6.45) is 0.415. The van der Waals surface area contributed by atoms with Gasteiger partial charge < -0.3 is 10.1 Å². The van der Waals surface area contributed by atoms with Crippen molar-refractivity contribution in [3.63, 3.8) is 0 Å². The first-order valence-corrected chi connectivity index (χ1v) is 6.51. The molecule has 8 nitrogen and oxygen atoms in total. The van der Waals surface area contributed by atoms with E-state index in [1.807, 2.05) is 13.8 Å². The molecule has 0 saturated carbocycles. The Morgan fingerprint density at radius 1 is 1.33 bits per heavy atom. The van der Waals surface area contributed by atoms with Crippen molar-refractivity contribution in [2.24, 2.45) is 5.92 Å². The van der Waals surface area contributed by atoms with Crippen molar-refractivity contribution in [3.8, 4) is 0 Å². The van der Waals surface area contributed by atoms with Gasteiger partial charge in [0, 0.05) is 12.1 Å². The number of rotatable bonds is 6. The number of carbonyl (C=O) groups is 2. The van der Waals surface area contributed by atoms with Crippen molar-refractivity contribution in [3.05, 3.63) is 32.8 Å². The Balaban J connectivity index is 2.78. The lowest BCUT2D eigenvalue weighted by molar-refractivity contribution is -0.145. The average Bonchev–Trinajstić information content (AvgIpc) is 2.40. The van der Waals surface area contributed by atoms with Gasteiger partial charge in [-0.1, -0.05) is 13.8 Å². The van der Waals surface area contributed by atoms with Gasteiger partial charge in [-0.3, -0.25) is 19.5 Å². The lowest BCUT2D eigenvalue weighted by Crippen LogP contribution is -2.45. The van der Waals surface area contributed by atoms with Crippen molar-refractivity contribution in [2.45, 2.75) is 32.9 Å². The molecule has 1 aromatic rings. The number of methoxy groups -OCH3 is 1. The Morgan fingerprint density at radius 3 is 2.57 bits per heavy atom. The first kappa shape index (κ1) is 16.7. The lowest BCUT2D eigenvalue weighted by atomic mass is 10.0. The van der Waals surface area contributed by atoms with Crippen LogP contribution in [-0.2, 0) is 20.9 Å². The van der Waals surface area contributed by atoms with Crippen LogP contribution in [0.4, 0.5) is 0 Å². The third-order valence-corrected chi connectivity index (χ3v) is 2.72. The minimum absolute atomic E-state index is 0.175. The van der Waals surface area contributed by atoms with Crippen molar-refractivity contribution < 1.29 is 14.3 Å². The molecule has 0 spiro atoms. The molecule has 116 valence electrons. The Morgan fingerprint density at radius 2 is 2.00 bits per heavy atom. The van der Waals surface area contributed by atoms with Crippen LogP contribution < -0.4 is 16.4 Å². The fourth-order valence-electron chi connectivity index (χ4n) is 1.79. The first-order valence-electron chi connectivity index (χ1n) is 6.51. The van der Waals surface area contributed by atoms with E-state index in [-0.39, 0.29) is 12.5 Å². The van der Waals surface area contributed by atoms with E-state index in [2.05, 4.69) is 15.2 Å². The van der Waals surface area contributed by atoms with Crippen molar-refractivity contribution >= 4 is 11.9 Å². The van der Waals surface area contributed by atoms with E-state index in [1.165, 1.54) is 7.11 Å². The van der Waals surface area contributed by atoms with Gasteiger partial charge in [0.1, 0.15) is 12.6 Å². The molecule has 0 aliphatic carbocycles. The molecule has 0 saturated heterocycles. The molecule has 21 heavy (non-hydrogen) atoms. The van der Waals surface area contributed by atoms with Crippen LogP contribution in [0.5, 0.6) is 0 Å².